The number of rotatable bonds is 5. The van der Waals surface area contributed by atoms with Crippen molar-refractivity contribution in [2.75, 3.05) is 39.4 Å². The molecule has 9 nitrogen and oxygen atoms in total. The number of benzene rings is 1. The maximum absolute atomic E-state index is 11.3. The van der Waals surface area contributed by atoms with E-state index in [2.05, 4.69) is 62.3 Å². The molecule has 0 unspecified atom stereocenters. The van der Waals surface area contributed by atoms with Crippen molar-refractivity contribution >= 4 is 18.5 Å². The molecule has 2 saturated heterocycles. The number of ether oxygens (including phenoxy) is 2. The molecule has 2 aliphatic rings. The van der Waals surface area contributed by atoms with Crippen LogP contribution in [0.3, 0.4) is 0 Å². The zero-order valence-electron chi connectivity index (χ0n) is 28.3. The molecule has 3 rings (SSSR count). The number of hydrogen-bond acceptors (Lipinski definition) is 6. The van der Waals surface area contributed by atoms with Crippen LogP contribution in [0.4, 0.5) is 9.59 Å². The van der Waals surface area contributed by atoms with Crippen LogP contribution in [0.25, 0.3) is 0 Å². The molecule has 42 heavy (non-hydrogen) atoms. The van der Waals surface area contributed by atoms with Gasteiger partial charge in [0, 0.05) is 50.2 Å². The molecule has 1 aromatic rings. The topological polar surface area (TPSA) is 117 Å². The number of likely N-dealkylation sites (tertiary alicyclic amines) is 2. The number of carbonyl (C=O) groups is 3. The Bertz CT molecular complexity index is 847. The second-order valence-corrected chi connectivity index (χ2v) is 13.7. The quantitative estimate of drug-likeness (QED) is 0.342. The van der Waals surface area contributed by atoms with Gasteiger partial charge in [0.2, 0.25) is 0 Å². The predicted molar refractivity (Wildman–Crippen MR) is 170 cm³/mol. The molecule has 0 bridgehead atoms. The van der Waals surface area contributed by atoms with Gasteiger partial charge in [-0.3, -0.25) is 4.79 Å². The van der Waals surface area contributed by atoms with Crippen LogP contribution in [0.1, 0.15) is 93.4 Å². The van der Waals surface area contributed by atoms with Crippen LogP contribution in [0.15, 0.2) is 24.3 Å². The Morgan fingerprint density at radius 2 is 1.33 bits per heavy atom. The molecule has 0 aliphatic carbocycles. The van der Waals surface area contributed by atoms with Crippen LogP contribution in [-0.2, 0) is 4.74 Å². The molecule has 9 heteroatoms. The SMILES string of the molecule is CC(C)(C)OC(=O)N1CC(CO)C1.CC(C)C.CC(C)C.CC(C)C.O=Cc1cccc(OCC2CN(C(=O)O)C2)c1. The second-order valence-electron chi connectivity index (χ2n) is 13.7. The number of aliphatic hydroxyl groups is 1. The molecule has 0 atom stereocenters. The van der Waals surface area contributed by atoms with Crippen molar-refractivity contribution in [2.24, 2.45) is 29.6 Å². The standard InChI is InChI=1S/C12H13NO4.C9H17NO3.3C4H10/c14-7-9-2-1-3-11(4-9)17-8-10-5-13(6-10)12(15)16;1-9(2,3)13-8(12)10-4-7(5-10)6-11;3*1-4(2)3/h1-4,7,10H,5-6,8H2,(H,15,16);7,11H,4-6H2,1-3H3;3*4H,1-3H3. The summed E-state index contributed by atoms with van der Waals surface area (Å²) in [6.45, 7) is 27.9. The third-order valence-electron chi connectivity index (χ3n) is 4.57. The number of aldehydes is 1. The number of carbonyl (C=O) groups excluding carboxylic acids is 2. The average molecular weight is 597 g/mol. The monoisotopic (exact) mass is 596 g/mol. The van der Waals surface area contributed by atoms with Gasteiger partial charge >= 0.3 is 12.2 Å². The summed E-state index contributed by atoms with van der Waals surface area (Å²) >= 11 is 0. The van der Waals surface area contributed by atoms with Crippen LogP contribution in [0.2, 0.25) is 0 Å². The highest BCUT2D eigenvalue weighted by atomic mass is 16.6. The van der Waals surface area contributed by atoms with Crippen molar-refractivity contribution in [3.05, 3.63) is 29.8 Å². The van der Waals surface area contributed by atoms with E-state index in [9.17, 15) is 14.4 Å². The summed E-state index contributed by atoms with van der Waals surface area (Å²) in [6, 6.07) is 6.90. The van der Waals surface area contributed by atoms with Crippen LogP contribution in [0.5, 0.6) is 5.75 Å². The van der Waals surface area contributed by atoms with E-state index >= 15 is 0 Å². The zero-order chi connectivity index (χ0) is 33.0. The Labute approximate surface area is 255 Å². The molecule has 0 saturated carbocycles. The van der Waals surface area contributed by atoms with Crippen molar-refractivity contribution in [3.63, 3.8) is 0 Å². The first-order valence-corrected chi connectivity index (χ1v) is 15.1. The highest BCUT2D eigenvalue weighted by Gasteiger charge is 2.33. The molecular weight excluding hydrogens is 536 g/mol. The molecule has 0 spiro atoms. The lowest BCUT2D eigenvalue weighted by Gasteiger charge is -2.38. The highest BCUT2D eigenvalue weighted by Crippen LogP contribution is 2.19. The lowest BCUT2D eigenvalue weighted by molar-refractivity contribution is -0.00974. The van der Waals surface area contributed by atoms with Gasteiger partial charge in [-0.2, -0.15) is 0 Å². The Kier molecular flexibility index (Phi) is 21.5. The Morgan fingerprint density at radius 3 is 1.71 bits per heavy atom. The maximum Gasteiger partial charge on any atom is 0.410 e. The summed E-state index contributed by atoms with van der Waals surface area (Å²) in [5, 5.41) is 17.4. The number of hydrogen-bond donors (Lipinski definition) is 2. The molecule has 2 N–H and O–H groups in total. The van der Waals surface area contributed by atoms with E-state index in [0.717, 1.165) is 24.0 Å². The van der Waals surface area contributed by atoms with Gasteiger partial charge in [0.1, 0.15) is 17.6 Å². The van der Waals surface area contributed by atoms with E-state index in [1.807, 2.05) is 20.8 Å². The average Bonchev–Trinajstić information content (AvgIpc) is 2.75. The van der Waals surface area contributed by atoms with E-state index in [1.165, 1.54) is 4.90 Å². The molecule has 0 radical (unpaired) electrons. The number of carboxylic acid groups (broad SMARTS) is 1. The van der Waals surface area contributed by atoms with Crippen molar-refractivity contribution in [3.8, 4) is 5.75 Å². The maximum atomic E-state index is 11.3. The lowest BCUT2D eigenvalue weighted by atomic mass is 10.0. The number of amides is 2. The third kappa shape index (κ3) is 23.9. The fourth-order valence-corrected chi connectivity index (χ4v) is 2.88. The minimum Gasteiger partial charge on any atom is -0.493 e. The number of aliphatic hydroxyl groups excluding tert-OH is 1. The third-order valence-corrected chi connectivity index (χ3v) is 4.57. The smallest absolute Gasteiger partial charge is 0.410 e. The lowest BCUT2D eigenvalue weighted by Crippen LogP contribution is -2.52. The second kappa shape index (κ2) is 21.8. The first-order valence-electron chi connectivity index (χ1n) is 15.1. The van der Waals surface area contributed by atoms with Crippen LogP contribution < -0.4 is 4.74 Å². The van der Waals surface area contributed by atoms with Gasteiger partial charge in [-0.15, -0.1) is 0 Å². The van der Waals surface area contributed by atoms with E-state index in [0.29, 0.717) is 44.1 Å². The van der Waals surface area contributed by atoms with E-state index in [-0.39, 0.29) is 24.5 Å². The van der Waals surface area contributed by atoms with Gasteiger partial charge in [-0.25, -0.2) is 9.59 Å². The fraction of sp³-hybridized carbons (Fsp3) is 0.727. The molecule has 2 aliphatic heterocycles. The summed E-state index contributed by atoms with van der Waals surface area (Å²) in [5.74, 6) is 3.63. The van der Waals surface area contributed by atoms with E-state index in [1.54, 1.807) is 29.2 Å². The van der Waals surface area contributed by atoms with Crippen LogP contribution >= 0.6 is 0 Å². The van der Waals surface area contributed by atoms with Gasteiger partial charge in [-0.05, 0) is 50.7 Å². The zero-order valence-corrected chi connectivity index (χ0v) is 28.3. The van der Waals surface area contributed by atoms with Crippen LogP contribution in [-0.4, -0.2) is 83.5 Å². The molecule has 1 aromatic carbocycles. The summed E-state index contributed by atoms with van der Waals surface area (Å²) in [5.41, 5.74) is 0.143. The normalized spacial score (nSPS) is 14.4. The predicted octanol–water partition coefficient (Wildman–Crippen LogP) is 7.32. The summed E-state index contributed by atoms with van der Waals surface area (Å²) < 4.78 is 10.6. The van der Waals surface area contributed by atoms with Gasteiger partial charge in [-0.1, -0.05) is 74.4 Å². The van der Waals surface area contributed by atoms with Crippen molar-refractivity contribution in [1.29, 1.82) is 0 Å². The summed E-state index contributed by atoms with van der Waals surface area (Å²) in [6.07, 6.45) is -0.399. The molecule has 244 valence electrons. The number of nitrogens with zero attached hydrogens (tertiary/aromatic N) is 2. The highest BCUT2D eigenvalue weighted by molar-refractivity contribution is 5.75. The van der Waals surface area contributed by atoms with Crippen molar-refractivity contribution in [2.45, 2.75) is 88.7 Å². The van der Waals surface area contributed by atoms with Gasteiger partial charge in [0.05, 0.1) is 6.61 Å². The van der Waals surface area contributed by atoms with Gasteiger partial charge in [0.15, 0.2) is 0 Å². The fourth-order valence-electron chi connectivity index (χ4n) is 2.88. The largest absolute Gasteiger partial charge is 0.493 e. The molecule has 2 amide bonds. The van der Waals surface area contributed by atoms with Gasteiger partial charge < -0.3 is 29.5 Å². The van der Waals surface area contributed by atoms with Crippen molar-refractivity contribution < 1.29 is 34.1 Å². The van der Waals surface area contributed by atoms with Crippen LogP contribution in [0, 0.1) is 29.6 Å². The first-order chi connectivity index (χ1) is 19.3. The first kappa shape index (κ1) is 41.3. The van der Waals surface area contributed by atoms with E-state index < -0.39 is 11.7 Å². The minimum absolute atomic E-state index is 0.152. The van der Waals surface area contributed by atoms with Gasteiger partial charge in [0.25, 0.3) is 0 Å². The molecule has 2 fully saturated rings. The Balaban J connectivity index is 0. The molecule has 2 heterocycles. The van der Waals surface area contributed by atoms with Crippen molar-refractivity contribution in [1.82, 2.24) is 9.80 Å². The Morgan fingerprint density at radius 1 is 0.881 bits per heavy atom. The molecule has 0 aromatic heterocycles. The minimum atomic E-state index is -0.885. The summed E-state index contributed by atoms with van der Waals surface area (Å²) in [4.78, 5) is 35.4. The molecular formula is C33H60N2O7. The van der Waals surface area contributed by atoms with E-state index in [4.69, 9.17) is 19.7 Å². The summed E-state index contributed by atoms with van der Waals surface area (Å²) in [7, 11) is 0. The Hall–Kier alpha value is -2.81.